The van der Waals surface area contributed by atoms with E-state index >= 15 is 0 Å². The van der Waals surface area contributed by atoms with E-state index in [0.717, 1.165) is 60.8 Å². The Morgan fingerprint density at radius 2 is 0.865 bits per heavy atom. The van der Waals surface area contributed by atoms with Gasteiger partial charge in [0.25, 0.3) is 0 Å². The normalized spacial score (nSPS) is 11.5. The van der Waals surface area contributed by atoms with Gasteiger partial charge in [0.05, 0.1) is 11.2 Å². The smallest absolute Gasteiger partial charge is 0.164 e. The lowest BCUT2D eigenvalue weighted by atomic mass is 9.90. The van der Waals surface area contributed by atoms with Gasteiger partial charge in [-0.15, -0.1) is 0 Å². The maximum atomic E-state index is 5.29. The first-order chi connectivity index (χ1) is 25.8. The second-order valence-corrected chi connectivity index (χ2v) is 12.9. The summed E-state index contributed by atoms with van der Waals surface area (Å²) in [7, 11) is 0. The van der Waals surface area contributed by atoms with Crippen molar-refractivity contribution in [2.75, 3.05) is 0 Å². The molecule has 0 saturated carbocycles. The molecule has 0 atom stereocenters. The standard InChI is InChI=1S/C47H29N5/c1-3-13-30(14-4-1)45-50-46(31-15-5-2-6-16-31)52-47(51-45)35-26-33(41-28-32-17-7-8-18-36(32)37-19-9-10-20-38(37)41)25-34(27-35)44-42-29-48-24-23-39(42)40-21-11-12-22-43(40)49-44/h1-29H. The second kappa shape index (κ2) is 12.3. The van der Waals surface area contributed by atoms with Crippen molar-refractivity contribution in [1.82, 2.24) is 24.9 Å². The molecule has 0 aliphatic carbocycles. The highest BCUT2D eigenvalue weighted by Crippen LogP contribution is 2.40. The lowest BCUT2D eigenvalue weighted by Crippen LogP contribution is -2.01. The van der Waals surface area contributed by atoms with Gasteiger partial charge < -0.3 is 0 Å². The molecule has 10 rings (SSSR count). The van der Waals surface area contributed by atoms with Gasteiger partial charge in [-0.1, -0.05) is 127 Å². The van der Waals surface area contributed by atoms with Crippen molar-refractivity contribution in [1.29, 1.82) is 0 Å². The van der Waals surface area contributed by atoms with E-state index < -0.39 is 0 Å². The Labute approximate surface area is 300 Å². The lowest BCUT2D eigenvalue weighted by Gasteiger charge is -2.16. The molecule has 3 aromatic heterocycles. The zero-order valence-electron chi connectivity index (χ0n) is 28.0. The molecule has 0 aliphatic rings. The largest absolute Gasteiger partial charge is 0.264 e. The Hall–Kier alpha value is -7.11. The summed E-state index contributed by atoms with van der Waals surface area (Å²) in [5, 5.41) is 7.98. The first kappa shape index (κ1) is 29.8. The Morgan fingerprint density at radius 3 is 1.60 bits per heavy atom. The Bertz CT molecular complexity index is 2760. The van der Waals surface area contributed by atoms with Crippen molar-refractivity contribution in [3.05, 3.63) is 176 Å². The van der Waals surface area contributed by atoms with Crippen LogP contribution in [0.25, 0.3) is 99.8 Å². The van der Waals surface area contributed by atoms with Crippen molar-refractivity contribution < 1.29 is 0 Å². The predicted octanol–water partition coefficient (Wildman–Crippen LogP) is 11.6. The average Bonchev–Trinajstić information content (AvgIpc) is 3.23. The van der Waals surface area contributed by atoms with Crippen molar-refractivity contribution in [2.24, 2.45) is 0 Å². The molecule has 0 spiro atoms. The molecule has 0 unspecified atom stereocenters. The molecule has 0 saturated heterocycles. The van der Waals surface area contributed by atoms with Crippen LogP contribution in [-0.4, -0.2) is 24.9 Å². The molecule has 0 aliphatic heterocycles. The second-order valence-electron chi connectivity index (χ2n) is 12.9. The van der Waals surface area contributed by atoms with Gasteiger partial charge in [0.1, 0.15) is 0 Å². The van der Waals surface area contributed by atoms with E-state index in [1.165, 1.54) is 21.5 Å². The van der Waals surface area contributed by atoms with Crippen LogP contribution in [0, 0.1) is 0 Å². The lowest BCUT2D eigenvalue weighted by molar-refractivity contribution is 1.07. The Balaban J connectivity index is 1.30. The molecule has 7 aromatic carbocycles. The molecule has 0 fully saturated rings. The SMILES string of the molecule is c1ccc(-c2nc(-c3ccccc3)nc(-c3cc(-c4cc5ccccc5c5ccccc45)cc(-c4nc5ccccc5c5ccncc45)c3)n2)cc1. The minimum absolute atomic E-state index is 0.587. The van der Waals surface area contributed by atoms with Crippen molar-refractivity contribution >= 4 is 43.2 Å². The number of aromatic nitrogens is 5. The van der Waals surface area contributed by atoms with Gasteiger partial charge in [-0.3, -0.25) is 4.98 Å². The van der Waals surface area contributed by atoms with Crippen LogP contribution in [0.4, 0.5) is 0 Å². The van der Waals surface area contributed by atoms with Gasteiger partial charge in [0.15, 0.2) is 17.5 Å². The Morgan fingerprint density at radius 1 is 0.327 bits per heavy atom. The van der Waals surface area contributed by atoms with Crippen molar-refractivity contribution in [3.8, 4) is 56.5 Å². The number of pyridine rings is 2. The Kier molecular flexibility index (Phi) is 7.07. The van der Waals surface area contributed by atoms with E-state index in [-0.39, 0.29) is 0 Å². The third-order valence-electron chi connectivity index (χ3n) is 9.75. The molecule has 5 heteroatoms. The van der Waals surface area contributed by atoms with E-state index in [4.69, 9.17) is 19.9 Å². The molecule has 3 heterocycles. The zero-order valence-corrected chi connectivity index (χ0v) is 28.0. The quantitative estimate of drug-likeness (QED) is 0.171. The number of hydrogen-bond acceptors (Lipinski definition) is 5. The minimum Gasteiger partial charge on any atom is -0.264 e. The van der Waals surface area contributed by atoms with Gasteiger partial charge in [0, 0.05) is 45.4 Å². The first-order valence-corrected chi connectivity index (χ1v) is 17.3. The highest BCUT2D eigenvalue weighted by atomic mass is 15.0. The third kappa shape index (κ3) is 5.15. The summed E-state index contributed by atoms with van der Waals surface area (Å²) in [6, 6.07) is 56.7. The summed E-state index contributed by atoms with van der Waals surface area (Å²) in [5.74, 6) is 1.82. The van der Waals surface area contributed by atoms with Crippen LogP contribution in [0.15, 0.2) is 176 Å². The molecule has 0 N–H and O–H groups in total. The van der Waals surface area contributed by atoms with E-state index in [0.29, 0.717) is 17.5 Å². The van der Waals surface area contributed by atoms with Crippen LogP contribution in [0.5, 0.6) is 0 Å². The van der Waals surface area contributed by atoms with Gasteiger partial charge >= 0.3 is 0 Å². The van der Waals surface area contributed by atoms with Crippen molar-refractivity contribution in [3.63, 3.8) is 0 Å². The van der Waals surface area contributed by atoms with Gasteiger partial charge in [-0.05, 0) is 74.5 Å². The fourth-order valence-corrected chi connectivity index (χ4v) is 7.30. The van der Waals surface area contributed by atoms with E-state index in [1.54, 1.807) is 0 Å². The minimum atomic E-state index is 0.587. The van der Waals surface area contributed by atoms with Crippen LogP contribution < -0.4 is 0 Å². The summed E-state index contributed by atoms with van der Waals surface area (Å²) in [5.41, 5.74) is 7.63. The molecular weight excluding hydrogens is 635 g/mol. The highest BCUT2D eigenvalue weighted by Gasteiger charge is 2.18. The molecule has 0 radical (unpaired) electrons. The summed E-state index contributed by atoms with van der Waals surface area (Å²) in [6.45, 7) is 0. The summed E-state index contributed by atoms with van der Waals surface area (Å²) < 4.78 is 0. The number of para-hydroxylation sites is 1. The molecular formula is C47H29N5. The molecule has 10 aromatic rings. The number of nitrogens with zero attached hydrogens (tertiary/aromatic N) is 5. The maximum absolute atomic E-state index is 5.29. The summed E-state index contributed by atoms with van der Waals surface area (Å²) in [6.07, 6.45) is 3.77. The van der Waals surface area contributed by atoms with Crippen LogP contribution >= 0.6 is 0 Å². The molecule has 242 valence electrons. The molecule has 5 nitrogen and oxygen atoms in total. The predicted molar refractivity (Wildman–Crippen MR) is 213 cm³/mol. The number of benzene rings is 7. The molecule has 0 amide bonds. The van der Waals surface area contributed by atoms with Gasteiger partial charge in [0.2, 0.25) is 0 Å². The third-order valence-corrected chi connectivity index (χ3v) is 9.75. The number of rotatable bonds is 5. The van der Waals surface area contributed by atoms with E-state index in [2.05, 4.69) is 102 Å². The van der Waals surface area contributed by atoms with Gasteiger partial charge in [-0.2, -0.15) is 0 Å². The fraction of sp³-hybridized carbons (Fsp3) is 0. The summed E-state index contributed by atoms with van der Waals surface area (Å²) >= 11 is 0. The maximum Gasteiger partial charge on any atom is 0.164 e. The fourth-order valence-electron chi connectivity index (χ4n) is 7.30. The van der Waals surface area contributed by atoms with E-state index in [9.17, 15) is 0 Å². The summed E-state index contributed by atoms with van der Waals surface area (Å²) in [4.78, 5) is 25.1. The van der Waals surface area contributed by atoms with Crippen molar-refractivity contribution in [2.45, 2.75) is 0 Å². The molecule has 0 bridgehead atoms. The zero-order chi connectivity index (χ0) is 34.4. The topological polar surface area (TPSA) is 64.5 Å². The number of fused-ring (bicyclic) bond motifs is 6. The first-order valence-electron chi connectivity index (χ1n) is 17.3. The van der Waals surface area contributed by atoms with Gasteiger partial charge in [-0.25, -0.2) is 19.9 Å². The van der Waals surface area contributed by atoms with Crippen LogP contribution in [-0.2, 0) is 0 Å². The number of hydrogen-bond donors (Lipinski definition) is 0. The van der Waals surface area contributed by atoms with Crippen LogP contribution in [0.3, 0.4) is 0 Å². The highest BCUT2D eigenvalue weighted by molar-refractivity contribution is 6.15. The molecule has 52 heavy (non-hydrogen) atoms. The van der Waals surface area contributed by atoms with E-state index in [1.807, 2.05) is 79.1 Å². The monoisotopic (exact) mass is 663 g/mol. The average molecular weight is 664 g/mol. The van der Waals surface area contributed by atoms with Crippen LogP contribution in [0.2, 0.25) is 0 Å². The van der Waals surface area contributed by atoms with Crippen LogP contribution in [0.1, 0.15) is 0 Å².